The van der Waals surface area contributed by atoms with E-state index in [0.29, 0.717) is 6.42 Å². The van der Waals surface area contributed by atoms with Crippen LogP contribution in [0.3, 0.4) is 0 Å². The number of rotatable bonds is 6. The zero-order valence-electron chi connectivity index (χ0n) is 11.9. The van der Waals surface area contributed by atoms with Gasteiger partial charge in [0.2, 0.25) is 0 Å². The molecule has 0 N–H and O–H groups in total. The van der Waals surface area contributed by atoms with Crippen LogP contribution in [0.25, 0.3) is 0 Å². The molecular weight excluding hydrogens is 233 g/mol. The van der Waals surface area contributed by atoms with E-state index in [1.807, 2.05) is 20.8 Å². The summed E-state index contributed by atoms with van der Waals surface area (Å²) < 4.78 is 17.4. The van der Waals surface area contributed by atoms with E-state index in [9.17, 15) is 9.18 Å². The van der Waals surface area contributed by atoms with Gasteiger partial charge in [0.05, 0.1) is 6.67 Å². The summed E-state index contributed by atoms with van der Waals surface area (Å²) in [5.74, 6) is -0.106. The Kier molecular flexibility index (Phi) is 6.06. The smallest absolute Gasteiger partial charge is 0.323 e. The third-order valence-electron chi connectivity index (χ3n) is 3.12. The Balaban J connectivity index is 2.36. The van der Waals surface area contributed by atoms with Crippen molar-refractivity contribution < 1.29 is 13.9 Å². The minimum absolute atomic E-state index is 0.0883. The highest BCUT2D eigenvalue weighted by Gasteiger charge is 2.33. The monoisotopic (exact) mass is 259 g/mol. The Hall–Kier alpha value is -0.640. The number of halogens is 1. The topological polar surface area (TPSA) is 29.5 Å². The molecule has 1 heterocycles. The minimum atomic E-state index is -0.417. The first-order valence-electron chi connectivity index (χ1n) is 6.97. The molecule has 0 spiro atoms. The summed E-state index contributed by atoms with van der Waals surface area (Å²) in [5, 5.41) is 0. The lowest BCUT2D eigenvalue weighted by molar-refractivity contribution is -0.160. The van der Waals surface area contributed by atoms with Gasteiger partial charge in [0.1, 0.15) is 11.6 Å². The fourth-order valence-corrected chi connectivity index (χ4v) is 2.32. The highest BCUT2D eigenvalue weighted by Crippen LogP contribution is 2.21. The molecule has 1 saturated heterocycles. The van der Waals surface area contributed by atoms with Crippen LogP contribution >= 0.6 is 0 Å². The van der Waals surface area contributed by atoms with Crippen molar-refractivity contribution in [3.05, 3.63) is 0 Å². The van der Waals surface area contributed by atoms with Crippen LogP contribution in [0, 0.1) is 0 Å². The molecule has 0 saturated carbocycles. The van der Waals surface area contributed by atoms with E-state index in [4.69, 9.17) is 4.74 Å². The fraction of sp³-hybridized carbons (Fsp3) is 0.929. The van der Waals surface area contributed by atoms with Crippen LogP contribution in [0.1, 0.15) is 52.9 Å². The quantitative estimate of drug-likeness (QED) is 0.542. The van der Waals surface area contributed by atoms with Gasteiger partial charge in [-0.05, 0) is 66.0 Å². The van der Waals surface area contributed by atoms with Crippen molar-refractivity contribution >= 4 is 5.97 Å². The predicted molar refractivity (Wildman–Crippen MR) is 70.3 cm³/mol. The second-order valence-electron chi connectivity index (χ2n) is 5.98. The number of hydrogen-bond acceptors (Lipinski definition) is 3. The van der Waals surface area contributed by atoms with E-state index in [1.54, 1.807) is 0 Å². The molecule has 0 aliphatic carbocycles. The lowest BCUT2D eigenvalue weighted by atomic mass is 10.1. The summed E-state index contributed by atoms with van der Waals surface area (Å²) in [6.45, 7) is 7.28. The molecule has 0 bridgehead atoms. The van der Waals surface area contributed by atoms with Crippen molar-refractivity contribution in [3.8, 4) is 0 Å². The molecule has 0 aromatic rings. The van der Waals surface area contributed by atoms with Gasteiger partial charge in [-0.1, -0.05) is 0 Å². The van der Waals surface area contributed by atoms with E-state index in [2.05, 4.69) is 4.90 Å². The van der Waals surface area contributed by atoms with Gasteiger partial charge < -0.3 is 4.74 Å². The number of carbonyl (C=O) groups is 1. The number of unbranched alkanes of at least 4 members (excludes halogenated alkanes) is 2. The van der Waals surface area contributed by atoms with E-state index in [-0.39, 0.29) is 18.7 Å². The van der Waals surface area contributed by atoms with Crippen molar-refractivity contribution in [1.82, 2.24) is 4.90 Å². The molecule has 4 heteroatoms. The van der Waals surface area contributed by atoms with Crippen LogP contribution in [0.4, 0.5) is 4.39 Å². The average Bonchev–Trinajstić information content (AvgIpc) is 2.70. The van der Waals surface area contributed by atoms with Crippen LogP contribution < -0.4 is 0 Å². The van der Waals surface area contributed by atoms with Crippen molar-refractivity contribution in [1.29, 1.82) is 0 Å². The zero-order chi connectivity index (χ0) is 13.6. The SMILES string of the molecule is CC(C)(C)OC(=O)[C@@H]1CCCN1CCCCCF. The van der Waals surface area contributed by atoms with Crippen molar-refractivity contribution in [2.75, 3.05) is 19.8 Å². The minimum Gasteiger partial charge on any atom is -0.459 e. The second kappa shape index (κ2) is 7.07. The average molecular weight is 259 g/mol. The van der Waals surface area contributed by atoms with Crippen LogP contribution in [0.15, 0.2) is 0 Å². The standard InChI is InChI=1S/C14H26FNO2/c1-14(2,3)18-13(17)12-8-7-11-16(12)10-6-4-5-9-15/h12H,4-11H2,1-3H3/t12-/m0/s1. The van der Waals surface area contributed by atoms with Gasteiger partial charge >= 0.3 is 5.97 Å². The first kappa shape index (κ1) is 15.4. The Bertz CT molecular complexity index is 263. The number of carbonyl (C=O) groups excluding carboxylic acids is 1. The normalized spacial score (nSPS) is 21.2. The third kappa shape index (κ3) is 5.34. The van der Waals surface area contributed by atoms with Crippen molar-refractivity contribution in [3.63, 3.8) is 0 Å². The van der Waals surface area contributed by atoms with Gasteiger partial charge in [-0.15, -0.1) is 0 Å². The van der Waals surface area contributed by atoms with Gasteiger partial charge in [0.15, 0.2) is 0 Å². The Labute approximate surface area is 110 Å². The van der Waals surface area contributed by atoms with Crippen molar-refractivity contribution in [2.45, 2.75) is 64.5 Å². The maximum Gasteiger partial charge on any atom is 0.323 e. The van der Waals surface area contributed by atoms with E-state index < -0.39 is 5.60 Å². The summed E-state index contributed by atoms with van der Waals surface area (Å²) in [6, 6.07) is -0.0883. The Morgan fingerprint density at radius 2 is 2.06 bits per heavy atom. The summed E-state index contributed by atoms with van der Waals surface area (Å²) in [5.41, 5.74) is -0.417. The number of ether oxygens (including phenoxy) is 1. The molecule has 3 nitrogen and oxygen atoms in total. The van der Waals surface area contributed by atoms with Crippen LogP contribution in [-0.2, 0) is 9.53 Å². The summed E-state index contributed by atoms with van der Waals surface area (Å²) >= 11 is 0. The molecule has 0 aromatic carbocycles. The second-order valence-corrected chi connectivity index (χ2v) is 5.98. The Morgan fingerprint density at radius 1 is 1.33 bits per heavy atom. The molecule has 18 heavy (non-hydrogen) atoms. The molecule has 0 aromatic heterocycles. The summed E-state index contributed by atoms with van der Waals surface area (Å²) in [4.78, 5) is 14.2. The third-order valence-corrected chi connectivity index (χ3v) is 3.12. The number of hydrogen-bond donors (Lipinski definition) is 0. The molecule has 1 aliphatic heterocycles. The van der Waals surface area contributed by atoms with Gasteiger partial charge in [-0.2, -0.15) is 0 Å². The molecule has 106 valence electrons. The van der Waals surface area contributed by atoms with Gasteiger partial charge in [-0.3, -0.25) is 14.1 Å². The van der Waals surface area contributed by atoms with Gasteiger partial charge in [0.25, 0.3) is 0 Å². The summed E-state index contributed by atoms with van der Waals surface area (Å²) in [7, 11) is 0. The lowest BCUT2D eigenvalue weighted by Gasteiger charge is -2.27. The van der Waals surface area contributed by atoms with Crippen LogP contribution in [0.5, 0.6) is 0 Å². The predicted octanol–water partition coefficient (Wildman–Crippen LogP) is 2.93. The largest absolute Gasteiger partial charge is 0.459 e. The molecular formula is C14H26FNO2. The number of esters is 1. The molecule has 1 aliphatic rings. The van der Waals surface area contributed by atoms with Gasteiger partial charge in [-0.25, -0.2) is 0 Å². The van der Waals surface area contributed by atoms with Gasteiger partial charge in [0, 0.05) is 0 Å². The summed E-state index contributed by atoms with van der Waals surface area (Å²) in [6.07, 6.45) is 4.42. The molecule has 1 rings (SSSR count). The molecule has 1 atom stereocenters. The molecule has 0 unspecified atom stereocenters. The number of alkyl halides is 1. The Morgan fingerprint density at radius 3 is 2.67 bits per heavy atom. The fourth-order valence-electron chi connectivity index (χ4n) is 2.32. The van der Waals surface area contributed by atoms with Crippen molar-refractivity contribution in [2.24, 2.45) is 0 Å². The zero-order valence-corrected chi connectivity index (χ0v) is 11.9. The van der Waals surface area contributed by atoms with Crippen LogP contribution in [-0.4, -0.2) is 42.3 Å². The van der Waals surface area contributed by atoms with E-state index in [0.717, 1.165) is 38.8 Å². The molecule has 1 fully saturated rings. The maximum atomic E-state index is 12.0. The highest BCUT2D eigenvalue weighted by molar-refractivity contribution is 5.76. The van der Waals surface area contributed by atoms with E-state index in [1.165, 1.54) is 0 Å². The molecule has 0 amide bonds. The number of likely N-dealkylation sites (tertiary alicyclic amines) is 1. The van der Waals surface area contributed by atoms with Crippen LogP contribution in [0.2, 0.25) is 0 Å². The lowest BCUT2D eigenvalue weighted by Crippen LogP contribution is -2.40. The maximum absolute atomic E-state index is 12.0. The molecule has 0 radical (unpaired) electrons. The first-order valence-corrected chi connectivity index (χ1v) is 6.97. The first-order chi connectivity index (χ1) is 8.44. The van der Waals surface area contributed by atoms with E-state index >= 15 is 0 Å². The highest BCUT2D eigenvalue weighted by atomic mass is 19.1. The number of nitrogens with zero attached hydrogens (tertiary/aromatic N) is 1.